The first kappa shape index (κ1) is 20.6. The van der Waals surface area contributed by atoms with E-state index in [9.17, 15) is 0 Å². The maximum atomic E-state index is 6.04. The lowest BCUT2D eigenvalue weighted by atomic mass is 10.1. The third kappa shape index (κ3) is 4.90. The Morgan fingerprint density at radius 1 is 1.04 bits per heavy atom. The van der Waals surface area contributed by atoms with E-state index >= 15 is 0 Å². The molecule has 0 amide bonds. The van der Waals surface area contributed by atoms with E-state index < -0.39 is 0 Å². The Hall–Kier alpha value is -1.76. The van der Waals surface area contributed by atoms with Gasteiger partial charge in [-0.3, -0.25) is 0 Å². The highest BCUT2D eigenvalue weighted by Gasteiger charge is 2.17. The average molecular weight is 464 g/mol. The van der Waals surface area contributed by atoms with Crippen LogP contribution in [0.15, 0.2) is 53.5 Å². The minimum atomic E-state index is 0. The average Bonchev–Trinajstić information content (AvgIpc) is 3.05. The number of benzene rings is 2. The maximum Gasteiger partial charge on any atom is 0.191 e. The number of nitrogens with two attached hydrogens (primary N) is 1. The molecule has 1 aliphatic heterocycles. The minimum Gasteiger partial charge on any atom is -0.370 e. The smallest absolute Gasteiger partial charge is 0.191 e. The molecule has 0 bridgehead atoms. The quantitative estimate of drug-likeness (QED) is 0.399. The van der Waals surface area contributed by atoms with Gasteiger partial charge in [-0.25, -0.2) is 4.99 Å². The summed E-state index contributed by atoms with van der Waals surface area (Å²) in [6.07, 6.45) is 1.15. The summed E-state index contributed by atoms with van der Waals surface area (Å²) in [6.45, 7) is 8.67. The summed E-state index contributed by atoms with van der Waals surface area (Å²) in [5.74, 6) is 0.628. The van der Waals surface area contributed by atoms with Gasteiger partial charge >= 0.3 is 0 Å². The van der Waals surface area contributed by atoms with Crippen LogP contribution in [0.4, 0.5) is 5.69 Å². The van der Waals surface area contributed by atoms with Gasteiger partial charge in [-0.2, -0.15) is 0 Å². The number of para-hydroxylation sites is 1. The number of hydrogen-bond acceptors (Lipinski definition) is 2. The number of fused-ring (bicyclic) bond motifs is 1. The molecule has 1 heterocycles. The van der Waals surface area contributed by atoms with E-state index in [1.807, 2.05) is 0 Å². The van der Waals surface area contributed by atoms with Crippen LogP contribution in [0.3, 0.4) is 0 Å². The van der Waals surface area contributed by atoms with Gasteiger partial charge in [0.15, 0.2) is 5.96 Å². The molecular weight excluding hydrogens is 435 g/mol. The zero-order valence-electron chi connectivity index (χ0n) is 15.7. The molecule has 0 saturated heterocycles. The van der Waals surface area contributed by atoms with Gasteiger partial charge < -0.3 is 15.5 Å². The molecule has 140 valence electrons. The second-order valence-corrected chi connectivity index (χ2v) is 6.46. The fourth-order valence-corrected chi connectivity index (χ4v) is 3.36. The van der Waals surface area contributed by atoms with Gasteiger partial charge in [0, 0.05) is 31.9 Å². The van der Waals surface area contributed by atoms with Crippen LogP contribution < -0.4 is 10.6 Å². The van der Waals surface area contributed by atoms with Crippen LogP contribution >= 0.6 is 24.0 Å². The van der Waals surface area contributed by atoms with E-state index in [1.165, 1.54) is 22.4 Å². The standard InChI is InChI=1S/C21H28N4.HI/c1-3-24(4-2)21(22)23-15-17-9-11-18(12-10-17)16-25-14-13-19-7-5-6-8-20(19)25;/h5-12H,3-4,13-16H2,1-2H3,(H2,22,23);1H. The van der Waals surface area contributed by atoms with Crippen LogP contribution in [0, 0.1) is 0 Å². The summed E-state index contributed by atoms with van der Waals surface area (Å²) in [5, 5.41) is 0. The number of hydrogen-bond donors (Lipinski definition) is 1. The predicted octanol–water partition coefficient (Wildman–Crippen LogP) is 4.02. The van der Waals surface area contributed by atoms with Gasteiger partial charge in [-0.05, 0) is 43.0 Å². The molecule has 2 aromatic rings. The van der Waals surface area contributed by atoms with Crippen molar-refractivity contribution in [1.82, 2.24) is 4.90 Å². The first-order chi connectivity index (χ1) is 12.2. The zero-order valence-corrected chi connectivity index (χ0v) is 18.0. The molecule has 0 aromatic heterocycles. The summed E-state index contributed by atoms with van der Waals surface area (Å²) < 4.78 is 0. The van der Waals surface area contributed by atoms with Crippen molar-refractivity contribution in [2.24, 2.45) is 10.7 Å². The highest BCUT2D eigenvalue weighted by atomic mass is 127. The Morgan fingerprint density at radius 3 is 2.38 bits per heavy atom. The number of halogens is 1. The Bertz CT molecular complexity index is 723. The van der Waals surface area contributed by atoms with Gasteiger partial charge in [0.2, 0.25) is 0 Å². The van der Waals surface area contributed by atoms with Crippen LogP contribution in [0.1, 0.15) is 30.5 Å². The Morgan fingerprint density at radius 2 is 1.69 bits per heavy atom. The van der Waals surface area contributed by atoms with E-state index in [0.717, 1.165) is 32.6 Å². The van der Waals surface area contributed by atoms with Crippen molar-refractivity contribution in [2.45, 2.75) is 33.4 Å². The number of anilines is 1. The van der Waals surface area contributed by atoms with Crippen molar-refractivity contribution >= 4 is 35.6 Å². The molecule has 26 heavy (non-hydrogen) atoms. The van der Waals surface area contributed by atoms with Crippen molar-refractivity contribution in [1.29, 1.82) is 0 Å². The lowest BCUT2D eigenvalue weighted by Gasteiger charge is -2.20. The van der Waals surface area contributed by atoms with E-state index in [-0.39, 0.29) is 24.0 Å². The minimum absolute atomic E-state index is 0. The normalized spacial score (nSPS) is 13.3. The highest BCUT2D eigenvalue weighted by Crippen LogP contribution is 2.28. The second-order valence-electron chi connectivity index (χ2n) is 6.46. The Balaban J connectivity index is 0.00000243. The zero-order chi connectivity index (χ0) is 17.6. The largest absolute Gasteiger partial charge is 0.370 e. The molecule has 5 heteroatoms. The van der Waals surface area contributed by atoms with E-state index in [2.05, 4.69) is 77.2 Å². The summed E-state index contributed by atoms with van der Waals surface area (Å²) in [7, 11) is 0. The molecule has 1 aliphatic rings. The van der Waals surface area contributed by atoms with E-state index in [1.54, 1.807) is 0 Å². The molecule has 2 aromatic carbocycles. The fraction of sp³-hybridized carbons (Fsp3) is 0.381. The molecule has 3 rings (SSSR count). The first-order valence-electron chi connectivity index (χ1n) is 9.16. The van der Waals surface area contributed by atoms with Crippen LogP contribution in [0.25, 0.3) is 0 Å². The number of rotatable bonds is 6. The van der Waals surface area contributed by atoms with Gasteiger partial charge in [-0.15, -0.1) is 24.0 Å². The van der Waals surface area contributed by atoms with Gasteiger partial charge in [0.1, 0.15) is 0 Å². The molecule has 0 radical (unpaired) electrons. The summed E-state index contributed by atoms with van der Waals surface area (Å²) >= 11 is 0. The molecule has 0 aliphatic carbocycles. The summed E-state index contributed by atoms with van der Waals surface area (Å²) in [6, 6.07) is 17.4. The third-order valence-electron chi connectivity index (χ3n) is 4.89. The molecule has 0 atom stereocenters. The van der Waals surface area contributed by atoms with Gasteiger partial charge in [0.05, 0.1) is 6.54 Å². The second kappa shape index (κ2) is 9.80. The molecule has 0 saturated carbocycles. The van der Waals surface area contributed by atoms with Crippen LogP contribution in [0.2, 0.25) is 0 Å². The molecule has 0 fully saturated rings. The molecule has 0 unspecified atom stereocenters. The van der Waals surface area contributed by atoms with E-state index in [0.29, 0.717) is 12.5 Å². The number of guanidine groups is 1. The Kier molecular flexibility index (Phi) is 7.75. The third-order valence-corrected chi connectivity index (χ3v) is 4.89. The Labute approximate surface area is 174 Å². The van der Waals surface area contributed by atoms with Crippen molar-refractivity contribution in [2.75, 3.05) is 24.5 Å². The lowest BCUT2D eigenvalue weighted by Crippen LogP contribution is -2.37. The van der Waals surface area contributed by atoms with E-state index in [4.69, 9.17) is 5.73 Å². The maximum absolute atomic E-state index is 6.04. The van der Waals surface area contributed by atoms with Crippen molar-refractivity contribution in [3.05, 3.63) is 65.2 Å². The predicted molar refractivity (Wildman–Crippen MR) is 121 cm³/mol. The summed E-state index contributed by atoms with van der Waals surface area (Å²) in [5.41, 5.74) is 11.4. The van der Waals surface area contributed by atoms with Crippen LogP contribution in [-0.2, 0) is 19.5 Å². The van der Waals surface area contributed by atoms with Crippen molar-refractivity contribution < 1.29 is 0 Å². The van der Waals surface area contributed by atoms with Gasteiger partial charge in [0.25, 0.3) is 0 Å². The molecular formula is C21H29IN4. The highest BCUT2D eigenvalue weighted by molar-refractivity contribution is 14.0. The molecule has 0 spiro atoms. The topological polar surface area (TPSA) is 44.9 Å². The number of nitrogens with zero attached hydrogens (tertiary/aromatic N) is 3. The van der Waals surface area contributed by atoms with Crippen molar-refractivity contribution in [3.63, 3.8) is 0 Å². The lowest BCUT2D eigenvalue weighted by molar-refractivity contribution is 0.458. The number of aliphatic imine (C=N–C) groups is 1. The molecule has 2 N–H and O–H groups in total. The first-order valence-corrected chi connectivity index (χ1v) is 9.16. The summed E-state index contributed by atoms with van der Waals surface area (Å²) in [4.78, 5) is 9.04. The SMILES string of the molecule is CCN(CC)C(N)=NCc1ccc(CN2CCc3ccccc32)cc1.I. The molecule has 4 nitrogen and oxygen atoms in total. The fourth-order valence-electron chi connectivity index (χ4n) is 3.36. The van der Waals surface area contributed by atoms with Crippen LogP contribution in [-0.4, -0.2) is 30.5 Å². The monoisotopic (exact) mass is 464 g/mol. The van der Waals surface area contributed by atoms with Crippen molar-refractivity contribution in [3.8, 4) is 0 Å². The van der Waals surface area contributed by atoms with Crippen LogP contribution in [0.5, 0.6) is 0 Å². The van der Waals surface area contributed by atoms with Gasteiger partial charge in [-0.1, -0.05) is 42.5 Å².